The Kier molecular flexibility index (Phi) is 6.99. The van der Waals surface area contributed by atoms with Crippen molar-refractivity contribution in [2.45, 2.75) is 20.8 Å². The number of anilines is 1. The van der Waals surface area contributed by atoms with Gasteiger partial charge >= 0.3 is 0 Å². The molecule has 1 fully saturated rings. The van der Waals surface area contributed by atoms with E-state index in [1.54, 1.807) is 12.1 Å². The molecule has 0 saturated carbocycles. The van der Waals surface area contributed by atoms with Crippen LogP contribution in [0.25, 0.3) is 6.08 Å². The van der Waals surface area contributed by atoms with Crippen LogP contribution >= 0.6 is 27.7 Å². The number of halogens is 1. The van der Waals surface area contributed by atoms with Gasteiger partial charge in [0, 0.05) is 15.7 Å². The second-order valence-corrected chi connectivity index (χ2v) is 8.66. The summed E-state index contributed by atoms with van der Waals surface area (Å²) >= 11 is 4.21. The maximum atomic E-state index is 12.8. The van der Waals surface area contributed by atoms with Crippen LogP contribution < -0.4 is 10.1 Å². The quantitative estimate of drug-likeness (QED) is 0.569. The van der Waals surface area contributed by atoms with E-state index >= 15 is 0 Å². The topological polar surface area (TPSA) is 75.7 Å². The second kappa shape index (κ2) is 9.49. The summed E-state index contributed by atoms with van der Waals surface area (Å²) in [6.45, 7) is 5.81. The Hall–Kier alpha value is -2.58. The molecule has 1 aliphatic heterocycles. The van der Waals surface area contributed by atoms with Gasteiger partial charge in [-0.3, -0.25) is 19.3 Å². The molecular weight excluding hydrogens is 468 g/mol. The van der Waals surface area contributed by atoms with Crippen LogP contribution in [0.5, 0.6) is 5.75 Å². The minimum Gasteiger partial charge on any atom is -0.493 e. The third-order valence-electron chi connectivity index (χ3n) is 4.40. The molecule has 3 amide bonds. The van der Waals surface area contributed by atoms with Crippen LogP contribution in [0.1, 0.15) is 23.6 Å². The summed E-state index contributed by atoms with van der Waals surface area (Å²) in [4.78, 5) is 38.8. The lowest BCUT2D eigenvalue weighted by Gasteiger charge is -2.14. The van der Waals surface area contributed by atoms with Crippen molar-refractivity contribution in [3.63, 3.8) is 0 Å². The molecule has 1 heterocycles. The lowest BCUT2D eigenvalue weighted by molar-refractivity contribution is -0.127. The van der Waals surface area contributed by atoms with Gasteiger partial charge in [0.05, 0.1) is 11.5 Å². The number of carbonyl (C=O) groups excluding carboxylic acids is 3. The number of hydrogen-bond donors (Lipinski definition) is 1. The Morgan fingerprint density at radius 3 is 2.70 bits per heavy atom. The maximum absolute atomic E-state index is 12.8. The zero-order chi connectivity index (χ0) is 21.8. The maximum Gasteiger partial charge on any atom is 0.294 e. The monoisotopic (exact) mass is 488 g/mol. The number of ether oxygens (including phenoxy) is 1. The summed E-state index contributed by atoms with van der Waals surface area (Å²) in [7, 11) is 0. The zero-order valence-electron chi connectivity index (χ0n) is 16.8. The minimum absolute atomic E-state index is 0.249. The van der Waals surface area contributed by atoms with Crippen molar-refractivity contribution in [2.75, 3.05) is 18.5 Å². The molecule has 2 aromatic carbocycles. The van der Waals surface area contributed by atoms with Crippen molar-refractivity contribution in [1.29, 1.82) is 0 Å². The van der Waals surface area contributed by atoms with Gasteiger partial charge in [0.15, 0.2) is 0 Å². The number of hydrogen-bond acceptors (Lipinski definition) is 5. The van der Waals surface area contributed by atoms with Crippen LogP contribution in [0.4, 0.5) is 10.5 Å². The number of benzene rings is 2. The number of carbonyl (C=O) groups is 3. The number of rotatable bonds is 6. The Morgan fingerprint density at radius 1 is 1.20 bits per heavy atom. The van der Waals surface area contributed by atoms with Crippen molar-refractivity contribution in [2.24, 2.45) is 0 Å². The molecule has 6 nitrogen and oxygen atoms in total. The molecule has 0 aliphatic carbocycles. The largest absolute Gasteiger partial charge is 0.493 e. The molecule has 156 valence electrons. The lowest BCUT2D eigenvalue weighted by Crippen LogP contribution is -2.36. The first-order chi connectivity index (χ1) is 14.3. The van der Waals surface area contributed by atoms with Gasteiger partial charge < -0.3 is 10.1 Å². The molecule has 1 aliphatic rings. The van der Waals surface area contributed by atoms with Crippen molar-refractivity contribution in [1.82, 2.24) is 4.90 Å². The van der Waals surface area contributed by atoms with Gasteiger partial charge in [0.25, 0.3) is 11.1 Å². The standard InChI is InChI=1S/C22H21BrN2O4S/c1-4-29-18-8-7-16(23)10-15(18)11-19-21(27)25(22(28)30-19)12-20(26)24-17-9-13(2)5-6-14(17)3/h5-11H,4,12H2,1-3H3,(H,24,26)/b19-11+. The smallest absolute Gasteiger partial charge is 0.294 e. The number of imide groups is 1. The van der Waals surface area contributed by atoms with Crippen LogP contribution in [0.3, 0.4) is 0 Å². The third-order valence-corrected chi connectivity index (χ3v) is 5.80. The summed E-state index contributed by atoms with van der Waals surface area (Å²) in [5.74, 6) is -0.312. The highest BCUT2D eigenvalue weighted by Crippen LogP contribution is 2.34. The highest BCUT2D eigenvalue weighted by Gasteiger charge is 2.36. The van der Waals surface area contributed by atoms with E-state index in [9.17, 15) is 14.4 Å². The fourth-order valence-corrected chi connectivity index (χ4v) is 4.11. The number of amides is 3. The SMILES string of the molecule is CCOc1ccc(Br)cc1/C=C1/SC(=O)N(CC(=O)Nc2cc(C)ccc2C)C1=O. The van der Waals surface area contributed by atoms with Gasteiger partial charge in [0.1, 0.15) is 12.3 Å². The molecule has 0 radical (unpaired) electrons. The average molecular weight is 489 g/mol. The first-order valence-electron chi connectivity index (χ1n) is 9.33. The molecule has 30 heavy (non-hydrogen) atoms. The van der Waals surface area contributed by atoms with Gasteiger partial charge in [-0.25, -0.2) is 0 Å². The van der Waals surface area contributed by atoms with Gasteiger partial charge in [0.2, 0.25) is 5.91 Å². The first kappa shape index (κ1) is 22.1. The van der Waals surface area contributed by atoms with Crippen LogP contribution in [0.15, 0.2) is 45.8 Å². The molecule has 0 aromatic heterocycles. The molecule has 0 atom stereocenters. The van der Waals surface area contributed by atoms with Gasteiger partial charge in [-0.05, 0) is 74.0 Å². The van der Waals surface area contributed by atoms with Crippen molar-refractivity contribution in [3.8, 4) is 5.75 Å². The van der Waals surface area contributed by atoms with Crippen LogP contribution in [-0.4, -0.2) is 35.1 Å². The molecule has 1 N–H and O–H groups in total. The van der Waals surface area contributed by atoms with E-state index < -0.39 is 17.1 Å². The van der Waals surface area contributed by atoms with E-state index in [2.05, 4.69) is 21.2 Å². The molecule has 3 rings (SSSR count). The fourth-order valence-electron chi connectivity index (χ4n) is 2.90. The predicted octanol–water partition coefficient (Wildman–Crippen LogP) is 5.14. The average Bonchev–Trinajstić information content (AvgIpc) is 2.94. The van der Waals surface area contributed by atoms with E-state index in [1.807, 2.05) is 51.1 Å². The minimum atomic E-state index is -0.497. The number of thioether (sulfide) groups is 1. The molecule has 0 unspecified atom stereocenters. The highest BCUT2D eigenvalue weighted by molar-refractivity contribution is 9.10. The summed E-state index contributed by atoms with van der Waals surface area (Å²) in [5.41, 5.74) is 3.25. The van der Waals surface area contributed by atoms with E-state index in [0.29, 0.717) is 23.6 Å². The fraction of sp³-hybridized carbons (Fsp3) is 0.227. The zero-order valence-corrected chi connectivity index (χ0v) is 19.2. The summed E-state index contributed by atoms with van der Waals surface area (Å²) in [6.07, 6.45) is 1.61. The van der Waals surface area contributed by atoms with E-state index in [1.165, 1.54) is 0 Å². The van der Waals surface area contributed by atoms with E-state index in [-0.39, 0.29) is 11.4 Å². The second-order valence-electron chi connectivity index (χ2n) is 6.75. The number of aryl methyl sites for hydroxylation is 2. The summed E-state index contributed by atoms with van der Waals surface area (Å²) < 4.78 is 6.42. The Bertz CT molecular complexity index is 1050. The molecule has 1 saturated heterocycles. The van der Waals surface area contributed by atoms with Gasteiger partial charge in [-0.15, -0.1) is 0 Å². The number of nitrogens with zero attached hydrogens (tertiary/aromatic N) is 1. The van der Waals surface area contributed by atoms with E-state index in [0.717, 1.165) is 32.3 Å². The Labute approximate surface area is 187 Å². The first-order valence-corrected chi connectivity index (χ1v) is 10.9. The van der Waals surface area contributed by atoms with Crippen molar-refractivity contribution in [3.05, 3.63) is 62.5 Å². The number of nitrogens with one attached hydrogen (secondary N) is 1. The van der Waals surface area contributed by atoms with E-state index in [4.69, 9.17) is 4.74 Å². The summed E-state index contributed by atoms with van der Waals surface area (Å²) in [6, 6.07) is 11.1. The molecule has 8 heteroatoms. The normalized spacial score (nSPS) is 15.1. The predicted molar refractivity (Wildman–Crippen MR) is 123 cm³/mol. The molecule has 2 aromatic rings. The Balaban J connectivity index is 1.76. The van der Waals surface area contributed by atoms with Gasteiger partial charge in [-0.2, -0.15) is 0 Å². The van der Waals surface area contributed by atoms with Crippen molar-refractivity contribution < 1.29 is 19.1 Å². The van der Waals surface area contributed by atoms with Gasteiger partial charge in [-0.1, -0.05) is 28.1 Å². The lowest BCUT2D eigenvalue weighted by atomic mass is 10.1. The molecule has 0 bridgehead atoms. The summed E-state index contributed by atoms with van der Waals surface area (Å²) in [5, 5.41) is 2.30. The van der Waals surface area contributed by atoms with Crippen LogP contribution in [0, 0.1) is 13.8 Å². The van der Waals surface area contributed by atoms with Crippen LogP contribution in [0.2, 0.25) is 0 Å². The third kappa shape index (κ3) is 5.12. The molecular formula is C22H21BrN2O4S. The van der Waals surface area contributed by atoms with Crippen LogP contribution in [-0.2, 0) is 9.59 Å². The van der Waals surface area contributed by atoms with Crippen molar-refractivity contribution >= 4 is 56.5 Å². The highest BCUT2D eigenvalue weighted by atomic mass is 79.9. The molecule has 0 spiro atoms. The Morgan fingerprint density at radius 2 is 1.97 bits per heavy atom.